The monoisotopic (exact) mass is 447 g/mol. The van der Waals surface area contributed by atoms with Gasteiger partial charge in [-0.2, -0.15) is 0 Å². The average molecular weight is 448 g/mol. The molecule has 0 aliphatic carbocycles. The zero-order valence-corrected chi connectivity index (χ0v) is 18.3. The Morgan fingerprint density at radius 3 is 2.64 bits per heavy atom. The van der Waals surface area contributed by atoms with E-state index in [0.717, 1.165) is 31.5 Å². The third-order valence-corrected chi connectivity index (χ3v) is 6.84. The van der Waals surface area contributed by atoms with Gasteiger partial charge in [0.25, 0.3) is 5.91 Å². The van der Waals surface area contributed by atoms with E-state index in [1.165, 1.54) is 12.1 Å². The van der Waals surface area contributed by atoms with E-state index < -0.39 is 0 Å². The molecular weight excluding hydrogens is 421 g/mol. The molecule has 2 aliphatic heterocycles. The smallest absolute Gasteiger partial charge is 0.293 e. The zero-order valence-electron chi connectivity index (χ0n) is 18.3. The Morgan fingerprint density at radius 2 is 1.82 bits per heavy atom. The van der Waals surface area contributed by atoms with Gasteiger partial charge in [0, 0.05) is 31.7 Å². The van der Waals surface area contributed by atoms with Crippen molar-refractivity contribution in [3.8, 4) is 0 Å². The van der Waals surface area contributed by atoms with Crippen LogP contribution in [0.2, 0.25) is 0 Å². The van der Waals surface area contributed by atoms with Crippen LogP contribution in [0.1, 0.15) is 41.3 Å². The predicted octanol–water partition coefficient (Wildman–Crippen LogP) is 3.47. The molecule has 0 bridgehead atoms. The van der Waals surface area contributed by atoms with E-state index in [1.807, 2.05) is 39.8 Å². The first-order valence-electron chi connectivity index (χ1n) is 11.3. The van der Waals surface area contributed by atoms with E-state index in [0.29, 0.717) is 36.7 Å². The van der Waals surface area contributed by atoms with Crippen LogP contribution in [0.25, 0.3) is 0 Å². The molecule has 33 heavy (non-hydrogen) atoms. The maximum absolute atomic E-state index is 13.5. The largest absolute Gasteiger partial charge is 0.342 e. The van der Waals surface area contributed by atoms with E-state index in [2.05, 4.69) is 15.5 Å². The van der Waals surface area contributed by atoms with Gasteiger partial charge < -0.3 is 14.8 Å². The number of likely N-dealkylation sites (tertiary alicyclic amines) is 1. The minimum atomic E-state index is -0.322. The van der Waals surface area contributed by atoms with Gasteiger partial charge in [-0.05, 0) is 54.5 Å². The van der Waals surface area contributed by atoms with Gasteiger partial charge in [0.05, 0.1) is 6.42 Å². The number of para-hydroxylation sites is 1. The number of aromatic nitrogens is 3. The average Bonchev–Trinajstić information content (AvgIpc) is 3.37. The number of rotatable bonds is 4. The molecule has 1 saturated heterocycles. The number of hydrogen-bond acceptors (Lipinski definition) is 4. The third kappa shape index (κ3) is 4.51. The second-order valence-corrected chi connectivity index (χ2v) is 9.03. The lowest BCUT2D eigenvalue weighted by atomic mass is 9.80. The van der Waals surface area contributed by atoms with Crippen LogP contribution in [-0.2, 0) is 24.2 Å². The number of nitrogens with one attached hydrogen (secondary N) is 1. The number of carbonyl (C=O) groups excluding carboxylic acids is 2. The molecule has 0 unspecified atom stereocenters. The molecule has 1 N–H and O–H groups in total. The highest BCUT2D eigenvalue weighted by Crippen LogP contribution is 2.41. The number of anilines is 1. The molecule has 1 spiro atoms. The molecule has 8 heteroatoms. The summed E-state index contributed by atoms with van der Waals surface area (Å²) >= 11 is 0. The maximum atomic E-state index is 13.5. The molecule has 2 aromatic carbocycles. The number of benzene rings is 2. The van der Waals surface area contributed by atoms with Crippen molar-refractivity contribution in [1.82, 2.24) is 19.7 Å². The van der Waals surface area contributed by atoms with Crippen molar-refractivity contribution in [3.63, 3.8) is 0 Å². The summed E-state index contributed by atoms with van der Waals surface area (Å²) in [6, 6.07) is 15.5. The highest BCUT2D eigenvalue weighted by Gasteiger charge is 2.41. The number of fused-ring (bicyclic) bond motifs is 1. The van der Waals surface area contributed by atoms with Gasteiger partial charge in [0.2, 0.25) is 11.7 Å². The summed E-state index contributed by atoms with van der Waals surface area (Å²) in [5, 5.41) is 11.3. The van der Waals surface area contributed by atoms with Gasteiger partial charge in [-0.1, -0.05) is 30.3 Å². The fourth-order valence-corrected chi connectivity index (χ4v) is 4.97. The summed E-state index contributed by atoms with van der Waals surface area (Å²) < 4.78 is 15.4. The summed E-state index contributed by atoms with van der Waals surface area (Å²) in [6.45, 7) is 2.03. The molecule has 170 valence electrons. The van der Waals surface area contributed by atoms with Crippen molar-refractivity contribution < 1.29 is 14.0 Å². The Morgan fingerprint density at radius 1 is 1.00 bits per heavy atom. The summed E-state index contributed by atoms with van der Waals surface area (Å²) in [6.07, 6.45) is 3.61. The number of hydrogen-bond donors (Lipinski definition) is 1. The molecule has 0 radical (unpaired) electrons. The van der Waals surface area contributed by atoms with E-state index in [1.54, 1.807) is 12.1 Å². The van der Waals surface area contributed by atoms with Crippen molar-refractivity contribution in [1.29, 1.82) is 0 Å². The number of amides is 2. The van der Waals surface area contributed by atoms with Gasteiger partial charge >= 0.3 is 0 Å². The Kier molecular flexibility index (Phi) is 5.66. The summed E-state index contributed by atoms with van der Waals surface area (Å²) in [7, 11) is 0. The first kappa shape index (κ1) is 21.3. The second-order valence-electron chi connectivity index (χ2n) is 9.03. The Hall–Kier alpha value is -3.55. The first-order chi connectivity index (χ1) is 16.0. The van der Waals surface area contributed by atoms with Crippen LogP contribution in [0.5, 0.6) is 0 Å². The van der Waals surface area contributed by atoms with Crippen LogP contribution < -0.4 is 5.32 Å². The molecule has 5 rings (SSSR count). The second kappa shape index (κ2) is 8.77. The number of nitrogens with zero attached hydrogens (tertiary/aromatic N) is 4. The molecule has 7 nitrogen and oxygen atoms in total. The SMILES string of the molecule is O=C(Nc1ccccc1)c1nnc2n1CC[C@]1(CC2)CCN(C(=O)Cc2cccc(F)c2)C1. The predicted molar refractivity (Wildman–Crippen MR) is 121 cm³/mol. The van der Waals surface area contributed by atoms with Crippen LogP contribution in [0.15, 0.2) is 54.6 Å². The van der Waals surface area contributed by atoms with Crippen LogP contribution in [0, 0.1) is 11.2 Å². The van der Waals surface area contributed by atoms with Gasteiger partial charge in [-0.3, -0.25) is 9.59 Å². The van der Waals surface area contributed by atoms with Gasteiger partial charge in [-0.25, -0.2) is 4.39 Å². The highest BCUT2D eigenvalue weighted by molar-refractivity contribution is 6.01. The molecule has 2 aliphatic rings. The van der Waals surface area contributed by atoms with Crippen molar-refractivity contribution in [2.24, 2.45) is 5.41 Å². The molecule has 3 aromatic rings. The van der Waals surface area contributed by atoms with E-state index >= 15 is 0 Å². The fraction of sp³-hybridized carbons (Fsp3) is 0.360. The van der Waals surface area contributed by atoms with Crippen LogP contribution in [0.3, 0.4) is 0 Å². The molecule has 1 aromatic heterocycles. The minimum absolute atomic E-state index is 0.00543. The fourth-order valence-electron chi connectivity index (χ4n) is 4.97. The molecule has 3 heterocycles. The van der Waals surface area contributed by atoms with Crippen molar-refractivity contribution in [3.05, 3.63) is 77.6 Å². The minimum Gasteiger partial charge on any atom is -0.342 e. The van der Waals surface area contributed by atoms with Crippen molar-refractivity contribution >= 4 is 17.5 Å². The Balaban J connectivity index is 1.24. The summed E-state index contributed by atoms with van der Waals surface area (Å²) in [5.41, 5.74) is 1.42. The highest BCUT2D eigenvalue weighted by atomic mass is 19.1. The Bertz CT molecular complexity index is 1180. The normalized spacial score (nSPS) is 19.8. The Labute approximate surface area is 191 Å². The summed E-state index contributed by atoms with van der Waals surface area (Å²) in [5.74, 6) is 0.577. The van der Waals surface area contributed by atoms with Crippen LogP contribution in [-0.4, -0.2) is 44.6 Å². The van der Waals surface area contributed by atoms with Crippen molar-refractivity contribution in [2.45, 2.75) is 38.6 Å². The van der Waals surface area contributed by atoms with Crippen LogP contribution >= 0.6 is 0 Å². The lowest BCUT2D eigenvalue weighted by molar-refractivity contribution is -0.129. The molecular formula is C25H26FN5O2. The van der Waals surface area contributed by atoms with E-state index in [-0.39, 0.29) is 29.5 Å². The number of carbonyl (C=O) groups is 2. The third-order valence-electron chi connectivity index (χ3n) is 6.84. The maximum Gasteiger partial charge on any atom is 0.293 e. The number of aryl methyl sites for hydroxylation is 1. The quantitative estimate of drug-likeness (QED) is 0.664. The molecule has 2 amide bonds. The van der Waals surface area contributed by atoms with Crippen molar-refractivity contribution in [2.75, 3.05) is 18.4 Å². The standard InChI is InChI=1S/C25H26FN5O2/c26-19-6-4-5-18(15-19)16-22(32)30-13-11-25(17-30)10-9-21-28-29-23(31(21)14-12-25)24(33)27-20-7-2-1-3-8-20/h1-8,15H,9-14,16-17H2,(H,27,33)/t25-/m0/s1. The van der Waals surface area contributed by atoms with Gasteiger partial charge in [0.1, 0.15) is 11.6 Å². The molecule has 1 fully saturated rings. The molecule has 1 atom stereocenters. The lowest BCUT2D eigenvalue weighted by Gasteiger charge is -2.27. The van der Waals surface area contributed by atoms with E-state index in [4.69, 9.17) is 0 Å². The topological polar surface area (TPSA) is 80.1 Å². The lowest BCUT2D eigenvalue weighted by Crippen LogP contribution is -2.33. The van der Waals surface area contributed by atoms with Crippen LogP contribution in [0.4, 0.5) is 10.1 Å². The zero-order chi connectivity index (χ0) is 22.8. The summed E-state index contributed by atoms with van der Waals surface area (Å²) in [4.78, 5) is 27.5. The van der Waals surface area contributed by atoms with Gasteiger partial charge in [-0.15, -0.1) is 10.2 Å². The van der Waals surface area contributed by atoms with E-state index in [9.17, 15) is 14.0 Å². The molecule has 0 saturated carbocycles. The first-order valence-corrected chi connectivity index (χ1v) is 11.3. The van der Waals surface area contributed by atoms with Gasteiger partial charge in [0.15, 0.2) is 0 Å². The number of halogens is 1.